The Hall–Kier alpha value is -2.76. The van der Waals surface area contributed by atoms with E-state index >= 15 is 0 Å². The maximum atomic E-state index is 13.6. The van der Waals surface area contributed by atoms with E-state index in [1.165, 1.54) is 12.1 Å². The lowest BCUT2D eigenvalue weighted by Gasteiger charge is -2.12. The van der Waals surface area contributed by atoms with Gasteiger partial charge in [-0.25, -0.2) is 18.6 Å². The minimum atomic E-state index is -1.00. The molecule has 0 aliphatic heterocycles. The summed E-state index contributed by atoms with van der Waals surface area (Å²) in [5.41, 5.74) is 2.65. The van der Waals surface area contributed by atoms with Crippen molar-refractivity contribution in [2.24, 2.45) is 4.99 Å². The Morgan fingerprint density at radius 1 is 1.23 bits per heavy atom. The molecule has 0 saturated heterocycles. The van der Waals surface area contributed by atoms with Gasteiger partial charge in [-0.15, -0.1) is 0 Å². The number of halogens is 2. The molecule has 0 aliphatic rings. The molecule has 2 aromatic rings. The molecular weight excluding hydrogens is 338 g/mol. The van der Waals surface area contributed by atoms with Crippen LogP contribution in [0.5, 0.6) is 0 Å². The zero-order chi connectivity index (χ0) is 19.3. The second-order valence-electron chi connectivity index (χ2n) is 6.06. The molecule has 6 heteroatoms. The predicted molar refractivity (Wildman–Crippen MR) is 97.8 cm³/mol. The van der Waals surface area contributed by atoms with E-state index in [4.69, 9.17) is 4.74 Å². The third-order valence-electron chi connectivity index (χ3n) is 4.05. The van der Waals surface area contributed by atoms with Crippen LogP contribution in [0.2, 0.25) is 0 Å². The van der Waals surface area contributed by atoms with E-state index in [0.29, 0.717) is 11.1 Å². The van der Waals surface area contributed by atoms with E-state index in [1.807, 2.05) is 25.8 Å². The zero-order valence-electron chi connectivity index (χ0n) is 15.3. The molecule has 2 aromatic carbocycles. The molecule has 0 spiro atoms. The normalized spacial score (nSPS) is 11.0. The Kier molecular flexibility index (Phi) is 6.44. The highest BCUT2D eigenvalue weighted by Crippen LogP contribution is 2.24. The summed E-state index contributed by atoms with van der Waals surface area (Å²) < 4.78 is 32.0. The van der Waals surface area contributed by atoms with Gasteiger partial charge in [0.1, 0.15) is 6.61 Å². The first-order chi connectivity index (χ1) is 12.3. The van der Waals surface area contributed by atoms with Crippen molar-refractivity contribution in [3.8, 4) is 0 Å². The molecule has 0 aliphatic carbocycles. The van der Waals surface area contributed by atoms with Crippen LogP contribution in [0.3, 0.4) is 0 Å². The molecule has 0 fully saturated rings. The second-order valence-corrected chi connectivity index (χ2v) is 6.06. The number of nitrogens with zero attached hydrogens (tertiary/aromatic N) is 2. The van der Waals surface area contributed by atoms with Crippen LogP contribution in [0.25, 0.3) is 0 Å². The lowest BCUT2D eigenvalue weighted by atomic mass is 10.0. The van der Waals surface area contributed by atoms with Gasteiger partial charge in [0.05, 0.1) is 17.6 Å². The molecule has 0 saturated carbocycles. The van der Waals surface area contributed by atoms with Crippen molar-refractivity contribution in [3.05, 3.63) is 64.2 Å². The Labute approximate surface area is 152 Å². The first-order valence-corrected chi connectivity index (χ1v) is 8.29. The summed E-state index contributed by atoms with van der Waals surface area (Å²) in [6.07, 6.45) is 1.73. The number of aliphatic imine (C=N–C) groups is 1. The van der Waals surface area contributed by atoms with Crippen molar-refractivity contribution >= 4 is 18.0 Å². The molecule has 0 heterocycles. The average Bonchev–Trinajstić information content (AvgIpc) is 2.62. The standard InChI is InChI=1S/C20H22F2N2O2/c1-5-24(4)12-23-18-10-13(2)16(9-14(18)3)20(25)26-11-15-7-6-8-17(21)19(15)22/h6-10,12H,5,11H2,1-4H3. The highest BCUT2D eigenvalue weighted by Gasteiger charge is 2.15. The van der Waals surface area contributed by atoms with Crippen molar-refractivity contribution in [2.75, 3.05) is 13.6 Å². The fourth-order valence-corrected chi connectivity index (χ4v) is 2.28. The maximum absolute atomic E-state index is 13.6. The van der Waals surface area contributed by atoms with E-state index < -0.39 is 17.6 Å². The smallest absolute Gasteiger partial charge is 0.338 e. The quantitative estimate of drug-likeness (QED) is 0.431. The third-order valence-corrected chi connectivity index (χ3v) is 4.05. The minimum Gasteiger partial charge on any atom is -0.457 e. The number of carbonyl (C=O) groups excluding carboxylic acids is 1. The summed E-state index contributed by atoms with van der Waals surface area (Å²) in [6.45, 7) is 6.15. The molecule has 0 bridgehead atoms. The van der Waals surface area contributed by atoms with Crippen LogP contribution in [0.1, 0.15) is 34.0 Å². The topological polar surface area (TPSA) is 41.9 Å². The summed E-state index contributed by atoms with van der Waals surface area (Å²) in [7, 11) is 1.92. The summed E-state index contributed by atoms with van der Waals surface area (Å²) in [5, 5.41) is 0. The second kappa shape index (κ2) is 8.56. The lowest BCUT2D eigenvalue weighted by Crippen LogP contribution is -2.14. The van der Waals surface area contributed by atoms with Gasteiger partial charge in [0.25, 0.3) is 0 Å². The number of hydrogen-bond donors (Lipinski definition) is 0. The number of esters is 1. The van der Waals surface area contributed by atoms with Crippen LogP contribution in [0.4, 0.5) is 14.5 Å². The van der Waals surface area contributed by atoms with E-state index in [-0.39, 0.29) is 12.2 Å². The predicted octanol–water partition coefficient (Wildman–Crippen LogP) is 4.55. The Morgan fingerprint density at radius 2 is 1.96 bits per heavy atom. The van der Waals surface area contributed by atoms with Crippen molar-refractivity contribution in [1.82, 2.24) is 4.90 Å². The summed E-state index contributed by atoms with van der Waals surface area (Å²) in [5.74, 6) is -2.56. The van der Waals surface area contributed by atoms with Crippen molar-refractivity contribution in [2.45, 2.75) is 27.4 Å². The lowest BCUT2D eigenvalue weighted by molar-refractivity contribution is 0.0467. The SMILES string of the molecule is CCN(C)C=Nc1cc(C)c(C(=O)OCc2cccc(F)c2F)cc1C. The van der Waals surface area contributed by atoms with Gasteiger partial charge in [-0.3, -0.25) is 0 Å². The molecule has 0 radical (unpaired) electrons. The minimum absolute atomic E-state index is 0.00320. The molecule has 26 heavy (non-hydrogen) atoms. The van der Waals surface area contributed by atoms with Gasteiger partial charge in [-0.05, 0) is 50.1 Å². The zero-order valence-corrected chi connectivity index (χ0v) is 15.3. The van der Waals surface area contributed by atoms with Crippen LogP contribution in [0.15, 0.2) is 35.3 Å². The monoisotopic (exact) mass is 360 g/mol. The van der Waals surface area contributed by atoms with Gasteiger partial charge >= 0.3 is 5.97 Å². The molecule has 4 nitrogen and oxygen atoms in total. The van der Waals surface area contributed by atoms with Gasteiger partial charge in [0, 0.05) is 19.2 Å². The first kappa shape index (κ1) is 19.6. The van der Waals surface area contributed by atoms with E-state index in [1.54, 1.807) is 25.4 Å². The van der Waals surface area contributed by atoms with Crippen LogP contribution < -0.4 is 0 Å². The van der Waals surface area contributed by atoms with Crippen molar-refractivity contribution in [1.29, 1.82) is 0 Å². The molecule has 0 amide bonds. The van der Waals surface area contributed by atoms with Crippen LogP contribution in [-0.4, -0.2) is 30.8 Å². The maximum Gasteiger partial charge on any atom is 0.338 e. The third kappa shape index (κ3) is 4.65. The van der Waals surface area contributed by atoms with Gasteiger partial charge < -0.3 is 9.64 Å². The molecule has 0 atom stereocenters. The average molecular weight is 360 g/mol. The Balaban J connectivity index is 2.15. The number of benzene rings is 2. The summed E-state index contributed by atoms with van der Waals surface area (Å²) >= 11 is 0. The van der Waals surface area contributed by atoms with E-state index in [2.05, 4.69) is 4.99 Å². The van der Waals surface area contributed by atoms with Crippen molar-refractivity contribution < 1.29 is 18.3 Å². The number of rotatable bonds is 6. The number of ether oxygens (including phenoxy) is 1. The van der Waals surface area contributed by atoms with Gasteiger partial charge in [-0.1, -0.05) is 12.1 Å². The van der Waals surface area contributed by atoms with Gasteiger partial charge in [-0.2, -0.15) is 0 Å². The molecule has 0 N–H and O–H groups in total. The van der Waals surface area contributed by atoms with Crippen LogP contribution >= 0.6 is 0 Å². The Morgan fingerprint density at radius 3 is 2.65 bits per heavy atom. The highest BCUT2D eigenvalue weighted by molar-refractivity contribution is 5.92. The number of aryl methyl sites for hydroxylation is 2. The molecule has 138 valence electrons. The largest absolute Gasteiger partial charge is 0.457 e. The van der Waals surface area contributed by atoms with E-state index in [9.17, 15) is 13.6 Å². The van der Waals surface area contributed by atoms with Crippen LogP contribution in [0, 0.1) is 25.5 Å². The van der Waals surface area contributed by atoms with E-state index in [0.717, 1.165) is 23.9 Å². The Bertz CT molecular complexity index is 835. The fraction of sp³-hybridized carbons (Fsp3) is 0.300. The van der Waals surface area contributed by atoms with Gasteiger partial charge in [0.2, 0.25) is 0 Å². The van der Waals surface area contributed by atoms with Crippen LogP contribution in [-0.2, 0) is 11.3 Å². The fourth-order valence-electron chi connectivity index (χ4n) is 2.28. The first-order valence-electron chi connectivity index (χ1n) is 8.29. The van der Waals surface area contributed by atoms with Crippen molar-refractivity contribution in [3.63, 3.8) is 0 Å². The highest BCUT2D eigenvalue weighted by atomic mass is 19.2. The molecule has 0 aromatic heterocycles. The number of hydrogen-bond acceptors (Lipinski definition) is 3. The molecular formula is C20H22F2N2O2. The van der Waals surface area contributed by atoms with Gasteiger partial charge in [0.15, 0.2) is 11.6 Å². The summed E-state index contributed by atoms with van der Waals surface area (Å²) in [6, 6.07) is 7.26. The molecule has 2 rings (SSSR count). The summed E-state index contributed by atoms with van der Waals surface area (Å²) in [4.78, 5) is 18.7. The number of carbonyl (C=O) groups is 1. The molecule has 0 unspecified atom stereocenters.